The first-order valence-electron chi connectivity index (χ1n) is 9.71. The van der Waals surface area contributed by atoms with Crippen LogP contribution in [-0.2, 0) is 6.61 Å². The quantitative estimate of drug-likeness (QED) is 0.410. The topological polar surface area (TPSA) is 90.7 Å². The van der Waals surface area contributed by atoms with Crippen molar-refractivity contribution in [3.63, 3.8) is 0 Å². The second-order valence-corrected chi connectivity index (χ2v) is 7.35. The van der Waals surface area contributed by atoms with Gasteiger partial charge in [-0.15, -0.1) is 0 Å². The van der Waals surface area contributed by atoms with Gasteiger partial charge in [-0.05, 0) is 67.8 Å². The van der Waals surface area contributed by atoms with Gasteiger partial charge in [-0.3, -0.25) is 14.9 Å². The maximum atomic E-state index is 12.8. The Morgan fingerprint density at radius 2 is 1.71 bits per heavy atom. The molecule has 0 aliphatic carbocycles. The Bertz CT molecular complexity index is 1120. The maximum Gasteiger partial charge on any atom is 0.271 e. The van der Waals surface area contributed by atoms with Gasteiger partial charge in [0, 0.05) is 23.3 Å². The molecular formula is C24H24N2O5. The minimum atomic E-state index is -0.495. The zero-order valence-electron chi connectivity index (χ0n) is 17.9. The first-order valence-corrected chi connectivity index (χ1v) is 9.71. The number of rotatable bonds is 7. The predicted octanol–water partition coefficient (Wildman–Crippen LogP) is 5.36. The fraction of sp³-hybridized carbons (Fsp3) is 0.208. The molecule has 0 heterocycles. The Hall–Kier alpha value is -3.87. The van der Waals surface area contributed by atoms with E-state index in [2.05, 4.69) is 11.4 Å². The molecule has 0 fully saturated rings. The van der Waals surface area contributed by atoms with E-state index in [1.165, 1.54) is 12.1 Å². The molecule has 0 aliphatic heterocycles. The van der Waals surface area contributed by atoms with Crippen molar-refractivity contribution in [2.45, 2.75) is 27.4 Å². The summed E-state index contributed by atoms with van der Waals surface area (Å²) < 4.78 is 11.3. The van der Waals surface area contributed by atoms with Gasteiger partial charge in [0.2, 0.25) is 0 Å². The van der Waals surface area contributed by atoms with Crippen LogP contribution in [0.5, 0.6) is 11.5 Å². The molecule has 0 spiro atoms. The van der Waals surface area contributed by atoms with E-state index in [1.807, 2.05) is 26.0 Å². The Balaban J connectivity index is 1.81. The van der Waals surface area contributed by atoms with Gasteiger partial charge in [0.1, 0.15) is 18.1 Å². The number of hydrogen-bond donors (Lipinski definition) is 1. The lowest BCUT2D eigenvalue weighted by Gasteiger charge is -2.14. The molecule has 0 unspecified atom stereocenters. The van der Waals surface area contributed by atoms with Crippen LogP contribution < -0.4 is 14.8 Å². The Kier molecular flexibility index (Phi) is 6.55. The molecular weight excluding hydrogens is 396 g/mol. The molecule has 0 saturated carbocycles. The fourth-order valence-electron chi connectivity index (χ4n) is 3.26. The van der Waals surface area contributed by atoms with E-state index in [1.54, 1.807) is 38.3 Å². The van der Waals surface area contributed by atoms with Crippen LogP contribution in [0, 0.1) is 30.9 Å². The van der Waals surface area contributed by atoms with Gasteiger partial charge < -0.3 is 14.8 Å². The first-order chi connectivity index (χ1) is 14.8. The number of methoxy groups -OCH3 is 1. The van der Waals surface area contributed by atoms with Gasteiger partial charge in [-0.1, -0.05) is 12.1 Å². The van der Waals surface area contributed by atoms with E-state index in [4.69, 9.17) is 9.47 Å². The summed E-state index contributed by atoms with van der Waals surface area (Å²) in [7, 11) is 1.56. The number of carbonyl (C=O) groups excluding carboxylic acids is 1. The minimum Gasteiger partial charge on any atom is -0.496 e. The molecule has 0 atom stereocenters. The van der Waals surface area contributed by atoms with Crippen LogP contribution in [0.2, 0.25) is 0 Å². The number of non-ortho nitro benzene ring substituents is 1. The summed E-state index contributed by atoms with van der Waals surface area (Å²) in [6.45, 7) is 6.00. The molecule has 7 heteroatoms. The van der Waals surface area contributed by atoms with E-state index >= 15 is 0 Å². The van der Waals surface area contributed by atoms with Crippen LogP contribution in [0.4, 0.5) is 11.4 Å². The number of ether oxygens (including phenoxy) is 2. The smallest absolute Gasteiger partial charge is 0.271 e. The summed E-state index contributed by atoms with van der Waals surface area (Å²) in [6.07, 6.45) is 0. The van der Waals surface area contributed by atoms with Crippen molar-refractivity contribution in [3.05, 3.63) is 92.5 Å². The summed E-state index contributed by atoms with van der Waals surface area (Å²) in [6, 6.07) is 15.4. The number of nitro groups is 1. The maximum absolute atomic E-state index is 12.8. The number of nitrogens with one attached hydrogen (secondary N) is 1. The monoisotopic (exact) mass is 420 g/mol. The molecule has 0 bridgehead atoms. The fourth-order valence-corrected chi connectivity index (χ4v) is 3.26. The van der Waals surface area contributed by atoms with Crippen LogP contribution in [0.3, 0.4) is 0 Å². The summed E-state index contributed by atoms with van der Waals surface area (Å²) in [5.41, 5.74) is 4.34. The third kappa shape index (κ3) is 5.39. The molecule has 1 N–H and O–H groups in total. The molecule has 0 aliphatic rings. The Morgan fingerprint density at radius 1 is 1.00 bits per heavy atom. The average molecular weight is 420 g/mol. The van der Waals surface area contributed by atoms with Gasteiger partial charge >= 0.3 is 0 Å². The van der Waals surface area contributed by atoms with Crippen molar-refractivity contribution < 1.29 is 19.2 Å². The number of hydrogen-bond acceptors (Lipinski definition) is 5. The second kappa shape index (κ2) is 9.30. The molecule has 31 heavy (non-hydrogen) atoms. The van der Waals surface area contributed by atoms with Crippen molar-refractivity contribution in [2.75, 3.05) is 12.4 Å². The third-order valence-corrected chi connectivity index (χ3v) is 4.81. The van der Waals surface area contributed by atoms with Crippen molar-refractivity contribution in [1.29, 1.82) is 0 Å². The molecule has 7 nitrogen and oxygen atoms in total. The first kappa shape index (κ1) is 21.8. The van der Waals surface area contributed by atoms with Crippen LogP contribution in [0.15, 0.2) is 54.6 Å². The van der Waals surface area contributed by atoms with Crippen molar-refractivity contribution in [2.24, 2.45) is 0 Å². The number of carbonyl (C=O) groups is 1. The highest BCUT2D eigenvalue weighted by Crippen LogP contribution is 2.26. The van der Waals surface area contributed by atoms with E-state index in [9.17, 15) is 14.9 Å². The molecule has 160 valence electrons. The molecule has 0 aromatic heterocycles. The van der Waals surface area contributed by atoms with Gasteiger partial charge in [-0.25, -0.2) is 0 Å². The molecule has 1 amide bonds. The number of nitro benzene ring substituents is 1. The summed E-state index contributed by atoms with van der Waals surface area (Å²) >= 11 is 0. The van der Waals surface area contributed by atoms with E-state index < -0.39 is 4.92 Å². The highest BCUT2D eigenvalue weighted by Gasteiger charge is 2.15. The molecule has 3 aromatic carbocycles. The van der Waals surface area contributed by atoms with Crippen LogP contribution in [0.1, 0.15) is 32.6 Å². The zero-order chi connectivity index (χ0) is 22.5. The standard InChI is InChI=1S/C24H24N2O5/c1-15-9-16(2)11-21(10-15)31-14-19-12-18(6-8-23(19)30-4)24(27)25-22-13-20(26(28)29)7-5-17(22)3/h5-13H,14H2,1-4H3,(H,25,27). The van der Waals surface area contributed by atoms with Gasteiger partial charge in [-0.2, -0.15) is 0 Å². The lowest BCUT2D eigenvalue weighted by molar-refractivity contribution is -0.384. The highest BCUT2D eigenvalue weighted by atomic mass is 16.6. The van der Waals surface area contributed by atoms with Gasteiger partial charge in [0.05, 0.1) is 17.7 Å². The van der Waals surface area contributed by atoms with E-state index in [0.717, 1.165) is 22.4 Å². The highest BCUT2D eigenvalue weighted by molar-refractivity contribution is 6.05. The predicted molar refractivity (Wildman–Crippen MR) is 119 cm³/mol. The summed E-state index contributed by atoms with van der Waals surface area (Å²) in [5.74, 6) is 0.966. The van der Waals surface area contributed by atoms with Crippen LogP contribution >= 0.6 is 0 Å². The van der Waals surface area contributed by atoms with Crippen molar-refractivity contribution in [1.82, 2.24) is 0 Å². The van der Waals surface area contributed by atoms with E-state index in [-0.39, 0.29) is 18.2 Å². The lowest BCUT2D eigenvalue weighted by atomic mass is 10.1. The van der Waals surface area contributed by atoms with Gasteiger partial charge in [0.15, 0.2) is 0 Å². The SMILES string of the molecule is COc1ccc(C(=O)Nc2cc([N+](=O)[O-])ccc2C)cc1COc1cc(C)cc(C)c1. The van der Waals surface area contributed by atoms with E-state index in [0.29, 0.717) is 22.6 Å². The third-order valence-electron chi connectivity index (χ3n) is 4.81. The molecule has 0 saturated heterocycles. The zero-order valence-corrected chi connectivity index (χ0v) is 17.9. The number of anilines is 1. The van der Waals surface area contributed by atoms with Crippen molar-refractivity contribution in [3.8, 4) is 11.5 Å². The number of amides is 1. The van der Waals surface area contributed by atoms with Crippen LogP contribution in [-0.4, -0.2) is 17.9 Å². The number of benzene rings is 3. The Labute approximate surface area is 180 Å². The largest absolute Gasteiger partial charge is 0.496 e. The summed E-state index contributed by atoms with van der Waals surface area (Å²) in [5, 5.41) is 13.8. The molecule has 3 rings (SSSR count). The minimum absolute atomic E-state index is 0.0850. The number of aryl methyl sites for hydroxylation is 3. The van der Waals surface area contributed by atoms with Crippen LogP contribution in [0.25, 0.3) is 0 Å². The van der Waals surface area contributed by atoms with Crippen molar-refractivity contribution >= 4 is 17.3 Å². The molecule has 3 aromatic rings. The normalized spacial score (nSPS) is 10.5. The molecule has 0 radical (unpaired) electrons. The lowest BCUT2D eigenvalue weighted by Crippen LogP contribution is -2.14. The van der Waals surface area contributed by atoms with Gasteiger partial charge in [0.25, 0.3) is 11.6 Å². The number of nitrogens with zero attached hydrogens (tertiary/aromatic N) is 1. The summed E-state index contributed by atoms with van der Waals surface area (Å²) in [4.78, 5) is 23.3. The second-order valence-electron chi connectivity index (χ2n) is 7.35. The average Bonchev–Trinajstić information content (AvgIpc) is 2.72. The Morgan fingerprint density at radius 3 is 2.35 bits per heavy atom.